The number of aryl methyl sites for hydroxylation is 4. The van der Waals surface area contributed by atoms with E-state index in [-0.39, 0.29) is 17.6 Å². The number of amides is 1. The number of Topliss-reactive ketones (excluding diaryl/α,β-unsaturated/α-hetero) is 1. The van der Waals surface area contributed by atoms with Gasteiger partial charge in [-0.2, -0.15) is 0 Å². The molecule has 0 saturated carbocycles. The second kappa shape index (κ2) is 7.95. The van der Waals surface area contributed by atoms with Gasteiger partial charge < -0.3 is 9.42 Å². The molecule has 2 aromatic carbocycles. The third kappa shape index (κ3) is 3.56. The summed E-state index contributed by atoms with van der Waals surface area (Å²) in [5, 5.41) is 6.33. The van der Waals surface area contributed by atoms with E-state index in [2.05, 4.69) is 29.4 Å². The minimum Gasteiger partial charge on any atom is -0.361 e. The maximum absolute atomic E-state index is 13.5. The van der Waals surface area contributed by atoms with Gasteiger partial charge in [0.2, 0.25) is 5.91 Å². The van der Waals surface area contributed by atoms with Crippen molar-refractivity contribution >= 4 is 22.5 Å². The minimum absolute atomic E-state index is 0.109. The van der Waals surface area contributed by atoms with E-state index < -0.39 is 0 Å². The van der Waals surface area contributed by atoms with E-state index in [0.29, 0.717) is 19.4 Å². The molecule has 5 nitrogen and oxygen atoms in total. The summed E-state index contributed by atoms with van der Waals surface area (Å²) in [6.45, 7) is 5.04. The predicted octanol–water partition coefficient (Wildman–Crippen LogP) is 4.60. The summed E-state index contributed by atoms with van der Waals surface area (Å²) in [5.74, 6) is 0.941. The van der Waals surface area contributed by atoms with Crippen LogP contribution in [0.15, 0.2) is 34.9 Å². The first kappa shape index (κ1) is 20.0. The molecule has 1 aliphatic carbocycles. The van der Waals surface area contributed by atoms with Crippen molar-refractivity contribution in [1.29, 1.82) is 0 Å². The van der Waals surface area contributed by atoms with Gasteiger partial charge >= 0.3 is 0 Å². The predicted molar refractivity (Wildman–Crippen MR) is 119 cm³/mol. The lowest BCUT2D eigenvalue weighted by Crippen LogP contribution is -2.42. The molecular weight excluding hydrogens is 388 g/mol. The van der Waals surface area contributed by atoms with Crippen molar-refractivity contribution in [1.82, 2.24) is 10.1 Å². The number of likely N-dealkylation sites (tertiary alicyclic amines) is 1. The summed E-state index contributed by atoms with van der Waals surface area (Å²) in [7, 11) is 0. The van der Waals surface area contributed by atoms with Crippen molar-refractivity contribution in [3.8, 4) is 0 Å². The van der Waals surface area contributed by atoms with Crippen LogP contribution in [0.25, 0.3) is 10.8 Å². The van der Waals surface area contributed by atoms with Crippen molar-refractivity contribution in [2.45, 2.75) is 52.4 Å². The van der Waals surface area contributed by atoms with Crippen LogP contribution in [0.4, 0.5) is 0 Å². The molecule has 1 aliphatic heterocycles. The minimum atomic E-state index is -0.129. The fraction of sp³-hybridized carbons (Fsp3) is 0.423. The van der Waals surface area contributed by atoms with Crippen LogP contribution in [-0.2, 0) is 24.1 Å². The molecule has 0 spiro atoms. The molecule has 0 bridgehead atoms. The fourth-order valence-corrected chi connectivity index (χ4v) is 5.35. The molecule has 160 valence electrons. The Bertz CT molecular complexity index is 1150. The number of hydrogen-bond donors (Lipinski definition) is 0. The number of aromatic nitrogens is 1. The summed E-state index contributed by atoms with van der Waals surface area (Å²) in [6.07, 6.45) is 4.88. The number of benzene rings is 2. The first-order valence-corrected chi connectivity index (χ1v) is 11.3. The van der Waals surface area contributed by atoms with Gasteiger partial charge in [0.15, 0.2) is 5.78 Å². The van der Waals surface area contributed by atoms with Gasteiger partial charge in [-0.25, -0.2) is 0 Å². The Morgan fingerprint density at radius 2 is 1.94 bits per heavy atom. The van der Waals surface area contributed by atoms with Crippen LogP contribution >= 0.6 is 0 Å². The van der Waals surface area contributed by atoms with E-state index in [4.69, 9.17) is 4.52 Å². The summed E-state index contributed by atoms with van der Waals surface area (Å²) in [4.78, 5) is 28.3. The Balaban J connectivity index is 1.31. The topological polar surface area (TPSA) is 63.4 Å². The van der Waals surface area contributed by atoms with E-state index in [1.165, 1.54) is 16.5 Å². The highest BCUT2D eigenvalue weighted by atomic mass is 16.5. The van der Waals surface area contributed by atoms with Crippen LogP contribution in [0.3, 0.4) is 0 Å². The van der Waals surface area contributed by atoms with Crippen molar-refractivity contribution in [3.63, 3.8) is 0 Å². The SMILES string of the molecule is Cc1noc(C)c1CCC(=O)N1CCCC(C(=O)c2ccc3c4c(cccc24)CC3)C1. The number of nitrogens with zero attached hydrogens (tertiary/aromatic N) is 2. The maximum Gasteiger partial charge on any atom is 0.222 e. The van der Waals surface area contributed by atoms with Gasteiger partial charge in [-0.05, 0) is 67.9 Å². The molecule has 1 amide bonds. The fourth-order valence-electron chi connectivity index (χ4n) is 5.35. The molecule has 1 aromatic heterocycles. The summed E-state index contributed by atoms with van der Waals surface area (Å²) in [5.41, 5.74) is 5.39. The average Bonchev–Trinajstić information content (AvgIpc) is 3.36. The van der Waals surface area contributed by atoms with Crippen molar-refractivity contribution in [2.75, 3.05) is 13.1 Å². The zero-order valence-corrected chi connectivity index (χ0v) is 18.2. The first-order chi connectivity index (χ1) is 15.0. The van der Waals surface area contributed by atoms with Gasteiger partial charge in [-0.1, -0.05) is 35.5 Å². The van der Waals surface area contributed by atoms with Crippen LogP contribution in [0.5, 0.6) is 0 Å². The molecule has 5 heteroatoms. The van der Waals surface area contributed by atoms with Gasteiger partial charge in [-0.15, -0.1) is 0 Å². The van der Waals surface area contributed by atoms with Gasteiger partial charge in [0.05, 0.1) is 5.69 Å². The summed E-state index contributed by atoms with van der Waals surface area (Å²) in [6, 6.07) is 10.5. The summed E-state index contributed by atoms with van der Waals surface area (Å²) < 4.78 is 5.21. The quantitative estimate of drug-likeness (QED) is 0.571. The molecule has 0 radical (unpaired) electrons. The lowest BCUT2D eigenvalue weighted by atomic mass is 9.87. The van der Waals surface area contributed by atoms with E-state index in [1.807, 2.05) is 24.8 Å². The van der Waals surface area contributed by atoms with E-state index >= 15 is 0 Å². The number of carbonyl (C=O) groups excluding carboxylic acids is 2. The Labute approximate surface area is 182 Å². The van der Waals surface area contributed by atoms with Crippen molar-refractivity contribution in [3.05, 3.63) is 64.0 Å². The largest absolute Gasteiger partial charge is 0.361 e. The van der Waals surface area contributed by atoms with Crippen molar-refractivity contribution in [2.24, 2.45) is 5.92 Å². The van der Waals surface area contributed by atoms with Crippen LogP contribution in [0.2, 0.25) is 0 Å². The highest BCUT2D eigenvalue weighted by Gasteiger charge is 2.30. The second-order valence-electron chi connectivity index (χ2n) is 8.96. The van der Waals surface area contributed by atoms with Crippen LogP contribution < -0.4 is 0 Å². The highest BCUT2D eigenvalue weighted by molar-refractivity contribution is 6.11. The Hall–Kier alpha value is -2.95. The lowest BCUT2D eigenvalue weighted by molar-refractivity contribution is -0.132. The molecule has 2 aliphatic rings. The molecule has 1 saturated heterocycles. The molecule has 0 N–H and O–H groups in total. The first-order valence-electron chi connectivity index (χ1n) is 11.3. The molecule has 1 fully saturated rings. The number of ketones is 1. The number of carbonyl (C=O) groups is 2. The Morgan fingerprint density at radius 3 is 2.71 bits per heavy atom. The molecule has 3 aromatic rings. The number of rotatable bonds is 5. The summed E-state index contributed by atoms with van der Waals surface area (Å²) >= 11 is 0. The second-order valence-corrected chi connectivity index (χ2v) is 8.96. The van der Waals surface area contributed by atoms with Crippen LogP contribution in [0.1, 0.15) is 57.8 Å². The van der Waals surface area contributed by atoms with E-state index in [0.717, 1.165) is 60.2 Å². The lowest BCUT2D eigenvalue weighted by Gasteiger charge is -2.32. The van der Waals surface area contributed by atoms with Gasteiger partial charge in [-0.3, -0.25) is 9.59 Å². The molecule has 2 heterocycles. The van der Waals surface area contributed by atoms with E-state index in [1.54, 1.807) is 0 Å². The van der Waals surface area contributed by atoms with Crippen molar-refractivity contribution < 1.29 is 14.1 Å². The zero-order chi connectivity index (χ0) is 21.5. The molecular formula is C26H28N2O3. The molecule has 31 heavy (non-hydrogen) atoms. The standard InChI is InChI=1S/C26H28N2O3/c1-16-21(17(2)31-27-16)12-13-24(29)28-14-4-6-20(15-28)26(30)23-11-10-19-9-8-18-5-3-7-22(23)25(18)19/h3,5,7,10-11,20H,4,6,8-9,12-15H2,1-2H3. The normalized spacial score (nSPS) is 18.0. The Kier molecular flexibility index (Phi) is 5.12. The smallest absolute Gasteiger partial charge is 0.222 e. The zero-order valence-electron chi connectivity index (χ0n) is 18.2. The Morgan fingerprint density at radius 1 is 1.13 bits per heavy atom. The van der Waals surface area contributed by atoms with Crippen LogP contribution in [-0.4, -0.2) is 34.8 Å². The third-order valence-electron chi connectivity index (χ3n) is 7.06. The molecule has 1 unspecified atom stereocenters. The number of hydrogen-bond acceptors (Lipinski definition) is 4. The molecule has 1 atom stereocenters. The van der Waals surface area contributed by atoms with Gasteiger partial charge in [0, 0.05) is 36.6 Å². The van der Waals surface area contributed by atoms with Gasteiger partial charge in [0.1, 0.15) is 5.76 Å². The monoisotopic (exact) mass is 416 g/mol. The molecule has 5 rings (SSSR count). The van der Waals surface area contributed by atoms with Crippen LogP contribution in [0, 0.1) is 19.8 Å². The van der Waals surface area contributed by atoms with Gasteiger partial charge in [0.25, 0.3) is 0 Å². The maximum atomic E-state index is 13.5. The third-order valence-corrected chi connectivity index (χ3v) is 7.06. The highest BCUT2D eigenvalue weighted by Crippen LogP contribution is 2.34. The number of piperidine rings is 1. The van der Waals surface area contributed by atoms with E-state index in [9.17, 15) is 9.59 Å². The average molecular weight is 417 g/mol.